The number of benzene rings is 2. The van der Waals surface area contributed by atoms with E-state index in [1.807, 2.05) is 18.2 Å². The molecule has 8 nitrogen and oxygen atoms in total. The lowest BCUT2D eigenvalue weighted by Gasteiger charge is -2.28. The molecule has 0 amide bonds. The van der Waals surface area contributed by atoms with Gasteiger partial charge >= 0.3 is 5.97 Å². The van der Waals surface area contributed by atoms with Crippen molar-refractivity contribution in [2.45, 2.75) is 33.3 Å². The van der Waals surface area contributed by atoms with E-state index in [0.29, 0.717) is 39.2 Å². The van der Waals surface area contributed by atoms with Crippen LogP contribution in [0.5, 0.6) is 5.75 Å². The summed E-state index contributed by atoms with van der Waals surface area (Å²) in [6.07, 6.45) is 0. The van der Waals surface area contributed by atoms with E-state index >= 15 is 0 Å². The van der Waals surface area contributed by atoms with E-state index in [1.54, 1.807) is 51.1 Å². The van der Waals surface area contributed by atoms with E-state index < -0.39 is 11.9 Å². The summed E-state index contributed by atoms with van der Waals surface area (Å²) in [7, 11) is 0. The average Bonchev–Trinajstić information content (AvgIpc) is 3.23. The van der Waals surface area contributed by atoms with Gasteiger partial charge in [0.05, 0.1) is 28.7 Å². The van der Waals surface area contributed by atoms with Gasteiger partial charge in [0.1, 0.15) is 41.2 Å². The van der Waals surface area contributed by atoms with Crippen LogP contribution < -0.4 is 10.5 Å². The molecule has 36 heavy (non-hydrogen) atoms. The minimum Gasteiger partial charge on any atom is -0.487 e. The van der Waals surface area contributed by atoms with E-state index in [1.165, 1.54) is 0 Å². The highest BCUT2D eigenvalue weighted by Crippen LogP contribution is 2.43. The monoisotopic (exact) mass is 505 g/mol. The quantitative estimate of drug-likeness (QED) is 0.416. The van der Waals surface area contributed by atoms with E-state index in [-0.39, 0.29) is 36.0 Å². The maximum Gasteiger partial charge on any atom is 0.338 e. The average molecular weight is 506 g/mol. The maximum absolute atomic E-state index is 12.9. The lowest BCUT2D eigenvalue weighted by molar-refractivity contribution is -0.139. The van der Waals surface area contributed by atoms with Crippen LogP contribution in [0.15, 0.2) is 75.7 Å². The third-order valence-electron chi connectivity index (χ3n) is 5.69. The van der Waals surface area contributed by atoms with Crippen LogP contribution in [0, 0.1) is 18.3 Å². The predicted molar refractivity (Wildman–Crippen MR) is 132 cm³/mol. The Morgan fingerprint density at radius 2 is 1.92 bits per heavy atom. The summed E-state index contributed by atoms with van der Waals surface area (Å²) < 4.78 is 22.7. The molecule has 1 aromatic heterocycles. The van der Waals surface area contributed by atoms with Gasteiger partial charge in [0.2, 0.25) is 11.8 Å². The van der Waals surface area contributed by atoms with Crippen LogP contribution in [0.25, 0.3) is 11.5 Å². The molecule has 9 heteroatoms. The van der Waals surface area contributed by atoms with Gasteiger partial charge in [0.15, 0.2) is 0 Å². The van der Waals surface area contributed by atoms with Crippen LogP contribution in [-0.2, 0) is 20.9 Å². The fraction of sp³-hybridized carbons (Fsp3) is 0.222. The smallest absolute Gasteiger partial charge is 0.338 e. The van der Waals surface area contributed by atoms with Gasteiger partial charge in [0, 0.05) is 5.56 Å². The molecule has 184 valence electrons. The Balaban J connectivity index is 1.69. The number of rotatable bonds is 7. The Labute approximate surface area is 213 Å². The van der Waals surface area contributed by atoms with Crippen LogP contribution >= 0.6 is 11.6 Å². The number of hydrogen-bond donors (Lipinski definition) is 1. The molecule has 1 aliphatic rings. The molecular formula is C27H24ClN3O5. The molecule has 3 aromatic rings. The second-order valence-electron chi connectivity index (χ2n) is 7.94. The van der Waals surface area contributed by atoms with Gasteiger partial charge in [-0.1, -0.05) is 41.9 Å². The van der Waals surface area contributed by atoms with Gasteiger partial charge in [-0.2, -0.15) is 5.26 Å². The summed E-state index contributed by atoms with van der Waals surface area (Å²) in [5, 5.41) is 10.4. The molecule has 0 saturated heterocycles. The fourth-order valence-corrected chi connectivity index (χ4v) is 4.19. The number of allylic oxidation sites excluding steroid dienone is 2. The van der Waals surface area contributed by atoms with Crippen molar-refractivity contribution in [3.63, 3.8) is 0 Å². The summed E-state index contributed by atoms with van der Waals surface area (Å²) >= 11 is 6.29. The van der Waals surface area contributed by atoms with Crippen molar-refractivity contribution in [1.82, 2.24) is 4.98 Å². The van der Waals surface area contributed by atoms with Gasteiger partial charge in [-0.25, -0.2) is 9.78 Å². The number of carbonyl (C=O) groups is 1. The van der Waals surface area contributed by atoms with Crippen LogP contribution in [-0.4, -0.2) is 17.6 Å². The first-order valence-electron chi connectivity index (χ1n) is 11.2. The highest BCUT2D eigenvalue weighted by atomic mass is 35.5. The first-order valence-corrected chi connectivity index (χ1v) is 11.6. The molecule has 0 saturated carbocycles. The van der Waals surface area contributed by atoms with Gasteiger partial charge < -0.3 is 24.4 Å². The highest BCUT2D eigenvalue weighted by molar-refractivity contribution is 6.33. The van der Waals surface area contributed by atoms with E-state index in [2.05, 4.69) is 11.1 Å². The number of aryl methyl sites for hydroxylation is 1. The van der Waals surface area contributed by atoms with Crippen molar-refractivity contribution in [3.05, 3.63) is 93.4 Å². The summed E-state index contributed by atoms with van der Waals surface area (Å²) in [6, 6.07) is 16.5. The number of halogens is 1. The molecular weight excluding hydrogens is 482 g/mol. The Morgan fingerprint density at radius 1 is 1.19 bits per heavy atom. The zero-order valence-corrected chi connectivity index (χ0v) is 20.8. The maximum atomic E-state index is 12.9. The fourth-order valence-electron chi connectivity index (χ4n) is 3.97. The standard InChI is InChI=1S/C27H24ClN3O5/c1-4-33-27(32)23-16(3)35-25(30)19(13-29)24(23)18-10-6-8-12-22(18)34-14-21-15(2)36-26(31-21)17-9-5-7-11-20(17)28/h5-12,24H,4,14,30H2,1-3H3. The Hall–Kier alpha value is -4.22. The molecule has 2 N–H and O–H groups in total. The van der Waals surface area contributed by atoms with Crippen LogP contribution in [0.1, 0.15) is 36.8 Å². The van der Waals surface area contributed by atoms with Crippen LogP contribution in [0.3, 0.4) is 0 Å². The van der Waals surface area contributed by atoms with E-state index in [0.717, 1.165) is 0 Å². The number of oxazole rings is 1. The number of hydrogen-bond acceptors (Lipinski definition) is 8. The highest BCUT2D eigenvalue weighted by Gasteiger charge is 2.37. The third-order valence-corrected chi connectivity index (χ3v) is 6.02. The molecule has 0 aliphatic carbocycles. The van der Waals surface area contributed by atoms with Crippen LogP contribution in [0.4, 0.5) is 0 Å². The summed E-state index contributed by atoms with van der Waals surface area (Å²) in [5.74, 6) is 0.198. The number of nitriles is 1. The van der Waals surface area contributed by atoms with Crippen molar-refractivity contribution in [1.29, 1.82) is 5.26 Å². The Morgan fingerprint density at radius 3 is 2.64 bits per heavy atom. The second kappa shape index (κ2) is 10.6. The first kappa shape index (κ1) is 24.9. The Kier molecular flexibility index (Phi) is 7.32. The first-order chi connectivity index (χ1) is 17.3. The molecule has 0 radical (unpaired) electrons. The number of para-hydroxylation sites is 1. The molecule has 0 fully saturated rings. The van der Waals surface area contributed by atoms with Crippen molar-refractivity contribution >= 4 is 17.6 Å². The summed E-state index contributed by atoms with van der Waals surface area (Å²) in [4.78, 5) is 17.4. The van der Waals surface area contributed by atoms with Crippen molar-refractivity contribution in [2.24, 2.45) is 5.73 Å². The molecule has 2 aromatic carbocycles. The number of nitrogens with zero attached hydrogens (tertiary/aromatic N) is 2. The third kappa shape index (κ3) is 4.79. The number of esters is 1. The van der Waals surface area contributed by atoms with Gasteiger partial charge in [-0.3, -0.25) is 0 Å². The molecule has 1 aliphatic heterocycles. The van der Waals surface area contributed by atoms with Gasteiger partial charge in [-0.15, -0.1) is 0 Å². The van der Waals surface area contributed by atoms with Crippen molar-refractivity contribution < 1.29 is 23.4 Å². The lowest BCUT2D eigenvalue weighted by Crippen LogP contribution is -2.26. The normalized spacial score (nSPS) is 15.4. The lowest BCUT2D eigenvalue weighted by atomic mass is 9.82. The van der Waals surface area contributed by atoms with E-state index in [4.69, 9.17) is 36.0 Å². The number of aromatic nitrogens is 1. The molecule has 2 heterocycles. The largest absolute Gasteiger partial charge is 0.487 e. The summed E-state index contributed by atoms with van der Waals surface area (Å²) in [6.45, 7) is 5.35. The zero-order chi connectivity index (χ0) is 25.8. The van der Waals surface area contributed by atoms with Gasteiger partial charge in [0.25, 0.3) is 0 Å². The number of nitrogens with two attached hydrogens (primary N) is 1. The second-order valence-corrected chi connectivity index (χ2v) is 8.35. The summed E-state index contributed by atoms with van der Waals surface area (Å²) in [5.41, 5.74) is 8.14. The molecule has 0 spiro atoms. The zero-order valence-electron chi connectivity index (χ0n) is 20.0. The molecule has 0 bridgehead atoms. The van der Waals surface area contributed by atoms with Crippen molar-refractivity contribution in [3.8, 4) is 23.3 Å². The van der Waals surface area contributed by atoms with Crippen molar-refractivity contribution in [2.75, 3.05) is 6.61 Å². The molecule has 1 atom stereocenters. The minimum absolute atomic E-state index is 0.0698. The minimum atomic E-state index is -0.823. The van der Waals surface area contributed by atoms with Gasteiger partial charge in [-0.05, 0) is 39.0 Å². The van der Waals surface area contributed by atoms with E-state index in [9.17, 15) is 10.1 Å². The number of ether oxygens (including phenoxy) is 3. The number of carbonyl (C=O) groups excluding carboxylic acids is 1. The topological polar surface area (TPSA) is 121 Å². The predicted octanol–water partition coefficient (Wildman–Crippen LogP) is 5.53. The SMILES string of the molecule is CCOC(=O)C1=C(C)OC(N)=C(C#N)C1c1ccccc1OCc1nc(-c2ccccc2Cl)oc1C. The molecule has 1 unspecified atom stereocenters. The molecule has 4 rings (SSSR count). The van der Waals surface area contributed by atoms with Crippen LogP contribution in [0.2, 0.25) is 5.02 Å². The Bertz CT molecular complexity index is 1420.